The number of esters is 1. The van der Waals surface area contributed by atoms with Gasteiger partial charge < -0.3 is 20.3 Å². The van der Waals surface area contributed by atoms with Gasteiger partial charge in [-0.05, 0) is 57.8 Å². The molecule has 0 aliphatic heterocycles. The molecule has 0 aromatic rings. The molecule has 6 nitrogen and oxygen atoms in total. The van der Waals surface area contributed by atoms with Crippen molar-refractivity contribution in [3.8, 4) is 0 Å². The first-order valence-electron chi connectivity index (χ1n) is 27.9. The monoisotopic (exact) mass is 876 g/mol. The first-order chi connectivity index (χ1) is 30.5. The average molecular weight is 876 g/mol. The SMILES string of the molecule is CCCCCCCCCCCCCCCCCCCCCCC(O)C(CO)NC(=O)CCCCCCC/C=C\CCCCCOC(=O)CCCCCCCCCCCCCCC. The number of unbranched alkanes of at least 4 members (excludes halogenated alkanes) is 39. The zero-order valence-electron chi connectivity index (χ0n) is 41.9. The Morgan fingerprint density at radius 3 is 1.15 bits per heavy atom. The summed E-state index contributed by atoms with van der Waals surface area (Å²) < 4.78 is 5.44. The Balaban J connectivity index is 3.49. The lowest BCUT2D eigenvalue weighted by Crippen LogP contribution is -2.45. The zero-order chi connectivity index (χ0) is 45.1. The van der Waals surface area contributed by atoms with Gasteiger partial charge in [0.05, 0.1) is 25.4 Å². The van der Waals surface area contributed by atoms with E-state index in [1.165, 1.54) is 199 Å². The number of nitrogens with one attached hydrogen (secondary N) is 1. The van der Waals surface area contributed by atoms with Gasteiger partial charge in [-0.15, -0.1) is 0 Å². The molecule has 0 aliphatic rings. The summed E-state index contributed by atoms with van der Waals surface area (Å²) in [5.41, 5.74) is 0. The number of hydrogen-bond acceptors (Lipinski definition) is 5. The standard InChI is InChI=1S/C56H109NO5/c1-3-5-7-9-11-13-15-17-18-19-20-21-22-23-25-28-32-36-40-44-48-54(59)53(52-58)57-55(60)49-45-41-37-33-29-26-27-31-35-39-43-47-51-62-56(61)50-46-42-38-34-30-24-16-14-12-10-8-6-4-2/h27,31,53-54,58-59H,3-26,28-30,32-52H2,1-2H3,(H,57,60)/b31-27-. The van der Waals surface area contributed by atoms with Gasteiger partial charge in [-0.25, -0.2) is 0 Å². The summed E-state index contributed by atoms with van der Waals surface area (Å²) in [5, 5.41) is 23.3. The molecule has 0 aromatic carbocycles. The normalized spacial score (nSPS) is 12.6. The van der Waals surface area contributed by atoms with Crippen LogP contribution < -0.4 is 5.32 Å². The van der Waals surface area contributed by atoms with E-state index in [0.717, 1.165) is 77.0 Å². The van der Waals surface area contributed by atoms with E-state index in [9.17, 15) is 19.8 Å². The lowest BCUT2D eigenvalue weighted by Gasteiger charge is -2.22. The molecule has 0 fully saturated rings. The highest BCUT2D eigenvalue weighted by molar-refractivity contribution is 5.76. The fourth-order valence-electron chi connectivity index (χ4n) is 8.75. The number of carbonyl (C=O) groups is 2. The Morgan fingerprint density at radius 2 is 0.758 bits per heavy atom. The largest absolute Gasteiger partial charge is 0.466 e. The minimum Gasteiger partial charge on any atom is -0.466 e. The van der Waals surface area contributed by atoms with Gasteiger partial charge in [-0.3, -0.25) is 9.59 Å². The van der Waals surface area contributed by atoms with E-state index in [-0.39, 0.29) is 18.5 Å². The first kappa shape index (κ1) is 60.6. The molecule has 62 heavy (non-hydrogen) atoms. The Kier molecular flexibility index (Phi) is 51.0. The highest BCUT2D eigenvalue weighted by Gasteiger charge is 2.20. The second-order valence-corrected chi connectivity index (χ2v) is 19.3. The third kappa shape index (κ3) is 48.1. The Labute approximate surface area is 387 Å². The van der Waals surface area contributed by atoms with E-state index in [4.69, 9.17) is 4.74 Å². The van der Waals surface area contributed by atoms with Crippen molar-refractivity contribution >= 4 is 11.9 Å². The molecule has 0 saturated heterocycles. The number of aliphatic hydroxyl groups is 2. The Morgan fingerprint density at radius 1 is 0.435 bits per heavy atom. The molecule has 6 heteroatoms. The van der Waals surface area contributed by atoms with Crippen LogP contribution in [0.1, 0.15) is 309 Å². The fourth-order valence-corrected chi connectivity index (χ4v) is 8.75. The third-order valence-corrected chi connectivity index (χ3v) is 13.1. The molecule has 0 saturated carbocycles. The number of carbonyl (C=O) groups excluding carboxylic acids is 2. The topological polar surface area (TPSA) is 95.9 Å². The number of rotatable bonds is 52. The maximum Gasteiger partial charge on any atom is 0.305 e. The summed E-state index contributed by atoms with van der Waals surface area (Å²) in [6.45, 7) is 4.91. The van der Waals surface area contributed by atoms with Crippen LogP contribution in [0.15, 0.2) is 12.2 Å². The molecule has 0 aromatic heterocycles. The molecule has 0 bridgehead atoms. The second-order valence-electron chi connectivity index (χ2n) is 19.3. The van der Waals surface area contributed by atoms with Crippen molar-refractivity contribution in [1.82, 2.24) is 5.32 Å². The maximum absolute atomic E-state index is 12.5. The predicted octanol–water partition coefficient (Wildman–Crippen LogP) is 16.9. The van der Waals surface area contributed by atoms with Gasteiger partial charge in [-0.1, -0.05) is 251 Å². The molecule has 0 radical (unpaired) electrons. The molecule has 1 amide bonds. The molecule has 2 unspecified atom stereocenters. The van der Waals surface area contributed by atoms with Gasteiger partial charge >= 0.3 is 5.97 Å². The number of aliphatic hydroxyl groups excluding tert-OH is 2. The van der Waals surface area contributed by atoms with Crippen molar-refractivity contribution in [2.45, 2.75) is 321 Å². The van der Waals surface area contributed by atoms with E-state index in [0.29, 0.717) is 25.9 Å². The number of ether oxygens (including phenoxy) is 1. The quantitative estimate of drug-likeness (QED) is 0.0321. The van der Waals surface area contributed by atoms with Crippen molar-refractivity contribution in [1.29, 1.82) is 0 Å². The molecule has 0 rings (SSSR count). The lowest BCUT2D eigenvalue weighted by atomic mass is 10.0. The van der Waals surface area contributed by atoms with Crippen LogP contribution in [0, 0.1) is 0 Å². The van der Waals surface area contributed by atoms with Crippen LogP contribution in [0.3, 0.4) is 0 Å². The Bertz CT molecular complexity index is 924. The van der Waals surface area contributed by atoms with Gasteiger partial charge in [0.15, 0.2) is 0 Å². The highest BCUT2D eigenvalue weighted by atomic mass is 16.5. The number of amides is 1. The summed E-state index contributed by atoms with van der Waals surface area (Å²) in [4.78, 5) is 24.5. The van der Waals surface area contributed by atoms with E-state index in [1.54, 1.807) is 0 Å². The smallest absolute Gasteiger partial charge is 0.305 e. The van der Waals surface area contributed by atoms with Crippen LogP contribution >= 0.6 is 0 Å². The number of hydrogen-bond donors (Lipinski definition) is 3. The molecule has 368 valence electrons. The fraction of sp³-hybridized carbons (Fsp3) is 0.929. The van der Waals surface area contributed by atoms with Gasteiger partial charge in [-0.2, -0.15) is 0 Å². The molecular formula is C56H109NO5. The Hall–Kier alpha value is -1.40. The average Bonchev–Trinajstić information content (AvgIpc) is 3.27. The number of allylic oxidation sites excluding steroid dienone is 2. The summed E-state index contributed by atoms with van der Waals surface area (Å²) >= 11 is 0. The molecule has 0 spiro atoms. The van der Waals surface area contributed by atoms with Gasteiger partial charge in [0.25, 0.3) is 0 Å². The molecule has 2 atom stereocenters. The minimum atomic E-state index is -0.680. The van der Waals surface area contributed by atoms with Crippen LogP contribution in [0.5, 0.6) is 0 Å². The minimum absolute atomic E-state index is 0.0204. The van der Waals surface area contributed by atoms with Crippen molar-refractivity contribution in [2.24, 2.45) is 0 Å². The predicted molar refractivity (Wildman–Crippen MR) is 269 cm³/mol. The van der Waals surface area contributed by atoms with Gasteiger partial charge in [0.2, 0.25) is 5.91 Å². The van der Waals surface area contributed by atoms with Crippen molar-refractivity contribution < 1.29 is 24.5 Å². The van der Waals surface area contributed by atoms with Crippen LogP contribution in [0.4, 0.5) is 0 Å². The maximum atomic E-state index is 12.5. The lowest BCUT2D eigenvalue weighted by molar-refractivity contribution is -0.143. The second kappa shape index (κ2) is 52.2. The van der Waals surface area contributed by atoms with Crippen LogP contribution in [0.25, 0.3) is 0 Å². The van der Waals surface area contributed by atoms with Crippen molar-refractivity contribution in [3.63, 3.8) is 0 Å². The van der Waals surface area contributed by atoms with E-state index in [2.05, 4.69) is 31.3 Å². The summed E-state index contributed by atoms with van der Waals surface area (Å²) in [6.07, 6.45) is 60.5. The zero-order valence-corrected chi connectivity index (χ0v) is 41.9. The highest BCUT2D eigenvalue weighted by Crippen LogP contribution is 2.17. The molecular weight excluding hydrogens is 767 g/mol. The third-order valence-electron chi connectivity index (χ3n) is 13.1. The van der Waals surface area contributed by atoms with E-state index >= 15 is 0 Å². The van der Waals surface area contributed by atoms with Gasteiger partial charge in [0.1, 0.15) is 0 Å². The summed E-state index contributed by atoms with van der Waals surface area (Å²) in [5.74, 6) is -0.0781. The molecule has 3 N–H and O–H groups in total. The molecule has 0 aliphatic carbocycles. The first-order valence-corrected chi connectivity index (χ1v) is 27.9. The van der Waals surface area contributed by atoms with Crippen molar-refractivity contribution in [2.75, 3.05) is 13.2 Å². The summed E-state index contributed by atoms with van der Waals surface area (Å²) in [6, 6.07) is -0.559. The summed E-state index contributed by atoms with van der Waals surface area (Å²) in [7, 11) is 0. The van der Waals surface area contributed by atoms with Crippen LogP contribution in [-0.2, 0) is 14.3 Å². The van der Waals surface area contributed by atoms with Crippen molar-refractivity contribution in [3.05, 3.63) is 12.2 Å². The van der Waals surface area contributed by atoms with Crippen LogP contribution in [-0.4, -0.2) is 47.4 Å². The van der Waals surface area contributed by atoms with Crippen LogP contribution in [0.2, 0.25) is 0 Å². The van der Waals surface area contributed by atoms with E-state index < -0.39 is 12.1 Å². The van der Waals surface area contributed by atoms with E-state index in [1.807, 2.05) is 0 Å². The molecule has 0 heterocycles. The van der Waals surface area contributed by atoms with Gasteiger partial charge in [0, 0.05) is 12.8 Å².